The molecule has 108 valence electrons. The summed E-state index contributed by atoms with van der Waals surface area (Å²) in [5.74, 6) is 0. The molecule has 1 aliphatic rings. The Labute approximate surface area is 114 Å². The van der Waals surface area contributed by atoms with Crippen LogP contribution >= 0.6 is 0 Å². The third kappa shape index (κ3) is 5.25. The first-order valence-electron chi connectivity index (χ1n) is 7.60. The Morgan fingerprint density at radius 2 is 1.89 bits per heavy atom. The van der Waals surface area contributed by atoms with Gasteiger partial charge in [-0.2, -0.15) is 0 Å². The lowest BCUT2D eigenvalue weighted by molar-refractivity contribution is 0.153. The summed E-state index contributed by atoms with van der Waals surface area (Å²) in [5.41, 5.74) is 0.329. The molecule has 3 nitrogen and oxygen atoms in total. The average molecular weight is 255 g/mol. The Bertz CT molecular complexity index is 222. The molecule has 0 saturated carbocycles. The first-order valence-corrected chi connectivity index (χ1v) is 7.60. The van der Waals surface area contributed by atoms with Gasteiger partial charge in [-0.1, -0.05) is 20.8 Å². The van der Waals surface area contributed by atoms with Gasteiger partial charge < -0.3 is 15.1 Å². The van der Waals surface area contributed by atoms with E-state index in [1.807, 2.05) is 0 Å². The summed E-state index contributed by atoms with van der Waals surface area (Å²) < 4.78 is 0. The molecular weight excluding hydrogens is 222 g/mol. The molecule has 18 heavy (non-hydrogen) atoms. The van der Waals surface area contributed by atoms with Crippen molar-refractivity contribution in [3.63, 3.8) is 0 Å². The molecule has 1 saturated heterocycles. The molecule has 1 rings (SSSR count). The van der Waals surface area contributed by atoms with E-state index in [1.165, 1.54) is 39.0 Å². The fraction of sp³-hybridized carbons (Fsp3) is 1.00. The topological polar surface area (TPSA) is 18.5 Å². The van der Waals surface area contributed by atoms with Gasteiger partial charge in [-0.3, -0.25) is 0 Å². The number of hydrogen-bond donors (Lipinski definition) is 1. The highest BCUT2D eigenvalue weighted by Crippen LogP contribution is 2.21. The Hall–Kier alpha value is -0.120. The Morgan fingerprint density at radius 1 is 1.28 bits per heavy atom. The van der Waals surface area contributed by atoms with Crippen LogP contribution in [0.5, 0.6) is 0 Å². The molecule has 0 aromatic carbocycles. The Balaban J connectivity index is 2.26. The lowest BCUT2D eigenvalue weighted by Gasteiger charge is -2.36. The quantitative estimate of drug-likeness (QED) is 0.716. The van der Waals surface area contributed by atoms with Crippen LogP contribution < -0.4 is 5.32 Å². The van der Waals surface area contributed by atoms with Gasteiger partial charge in [0.15, 0.2) is 0 Å². The molecule has 0 aromatic heterocycles. The standard InChI is InChI=1S/C15H33N3/c1-6-16-14(2)15(3,4)13-17(5)11-12-18-9-7-8-10-18/h14,16H,6-13H2,1-5H3. The smallest absolute Gasteiger partial charge is 0.0109 e. The highest BCUT2D eigenvalue weighted by atomic mass is 15.2. The minimum Gasteiger partial charge on any atom is -0.314 e. The second-order valence-electron chi connectivity index (χ2n) is 6.55. The van der Waals surface area contributed by atoms with Crippen molar-refractivity contribution in [2.45, 2.75) is 46.6 Å². The molecule has 0 amide bonds. The summed E-state index contributed by atoms with van der Waals surface area (Å²) in [5, 5.41) is 3.55. The van der Waals surface area contributed by atoms with Gasteiger partial charge in [-0.15, -0.1) is 0 Å². The van der Waals surface area contributed by atoms with Crippen LogP contribution in [0.15, 0.2) is 0 Å². The molecule has 1 atom stereocenters. The maximum Gasteiger partial charge on any atom is 0.0109 e. The summed E-state index contributed by atoms with van der Waals surface area (Å²) >= 11 is 0. The van der Waals surface area contributed by atoms with Crippen molar-refractivity contribution < 1.29 is 0 Å². The molecule has 1 aliphatic heterocycles. The average Bonchev–Trinajstić information content (AvgIpc) is 2.79. The molecule has 1 heterocycles. The van der Waals surface area contributed by atoms with Crippen LogP contribution in [0.25, 0.3) is 0 Å². The second kappa shape index (κ2) is 7.46. The molecule has 1 N–H and O–H groups in total. The molecule has 0 radical (unpaired) electrons. The predicted molar refractivity (Wildman–Crippen MR) is 80.1 cm³/mol. The highest BCUT2D eigenvalue weighted by molar-refractivity contribution is 4.83. The van der Waals surface area contributed by atoms with E-state index in [1.54, 1.807) is 0 Å². The zero-order chi connectivity index (χ0) is 13.6. The van der Waals surface area contributed by atoms with Gasteiger partial charge in [-0.25, -0.2) is 0 Å². The van der Waals surface area contributed by atoms with Crippen LogP contribution in [-0.2, 0) is 0 Å². The minimum atomic E-state index is 0.329. The molecule has 1 unspecified atom stereocenters. The number of hydrogen-bond acceptors (Lipinski definition) is 3. The number of rotatable bonds is 8. The highest BCUT2D eigenvalue weighted by Gasteiger charge is 2.26. The number of likely N-dealkylation sites (tertiary alicyclic amines) is 1. The first kappa shape index (κ1) is 15.9. The predicted octanol–water partition coefficient (Wildman–Crippen LogP) is 2.04. The van der Waals surface area contributed by atoms with Crippen LogP contribution in [0.3, 0.4) is 0 Å². The lowest BCUT2D eigenvalue weighted by Crippen LogP contribution is -2.47. The van der Waals surface area contributed by atoms with Crippen molar-refractivity contribution in [1.82, 2.24) is 15.1 Å². The third-order valence-corrected chi connectivity index (χ3v) is 4.36. The molecule has 0 bridgehead atoms. The van der Waals surface area contributed by atoms with E-state index in [9.17, 15) is 0 Å². The molecule has 1 fully saturated rings. The van der Waals surface area contributed by atoms with E-state index < -0.39 is 0 Å². The first-order chi connectivity index (χ1) is 8.45. The van der Waals surface area contributed by atoms with Gasteiger partial charge >= 0.3 is 0 Å². The monoisotopic (exact) mass is 255 g/mol. The Morgan fingerprint density at radius 3 is 2.44 bits per heavy atom. The van der Waals surface area contributed by atoms with Crippen molar-refractivity contribution in [3.8, 4) is 0 Å². The van der Waals surface area contributed by atoms with E-state index in [0.29, 0.717) is 11.5 Å². The second-order valence-corrected chi connectivity index (χ2v) is 6.55. The third-order valence-electron chi connectivity index (χ3n) is 4.36. The van der Waals surface area contributed by atoms with Crippen molar-refractivity contribution in [1.29, 1.82) is 0 Å². The van der Waals surface area contributed by atoms with Gasteiger partial charge in [0.1, 0.15) is 0 Å². The van der Waals surface area contributed by atoms with E-state index in [-0.39, 0.29) is 0 Å². The number of nitrogens with zero attached hydrogens (tertiary/aromatic N) is 2. The molecule has 0 aromatic rings. The SMILES string of the molecule is CCNC(C)C(C)(C)CN(C)CCN1CCCC1. The van der Waals surface area contributed by atoms with Crippen LogP contribution in [0.2, 0.25) is 0 Å². The zero-order valence-electron chi connectivity index (χ0n) is 13.1. The van der Waals surface area contributed by atoms with E-state index >= 15 is 0 Å². The van der Waals surface area contributed by atoms with Crippen LogP contribution in [0.4, 0.5) is 0 Å². The zero-order valence-corrected chi connectivity index (χ0v) is 13.1. The molecule has 0 aliphatic carbocycles. The van der Waals surface area contributed by atoms with Crippen LogP contribution in [0, 0.1) is 5.41 Å². The fourth-order valence-electron chi connectivity index (χ4n) is 2.81. The van der Waals surface area contributed by atoms with Crippen molar-refractivity contribution in [2.24, 2.45) is 5.41 Å². The summed E-state index contributed by atoms with van der Waals surface area (Å²) in [6.45, 7) is 16.5. The van der Waals surface area contributed by atoms with Gasteiger partial charge in [-0.05, 0) is 51.9 Å². The van der Waals surface area contributed by atoms with Gasteiger partial charge in [0.2, 0.25) is 0 Å². The molecule has 0 spiro atoms. The van der Waals surface area contributed by atoms with Gasteiger partial charge in [0.05, 0.1) is 0 Å². The Kier molecular flexibility index (Phi) is 6.61. The normalized spacial score (nSPS) is 19.7. The van der Waals surface area contributed by atoms with Crippen LogP contribution in [0.1, 0.15) is 40.5 Å². The van der Waals surface area contributed by atoms with E-state index in [2.05, 4.69) is 49.9 Å². The van der Waals surface area contributed by atoms with E-state index in [0.717, 1.165) is 13.1 Å². The maximum absolute atomic E-state index is 3.55. The van der Waals surface area contributed by atoms with Gasteiger partial charge in [0.25, 0.3) is 0 Å². The lowest BCUT2D eigenvalue weighted by atomic mass is 9.85. The van der Waals surface area contributed by atoms with E-state index in [4.69, 9.17) is 0 Å². The number of likely N-dealkylation sites (N-methyl/N-ethyl adjacent to an activating group) is 1. The number of nitrogens with one attached hydrogen (secondary N) is 1. The minimum absolute atomic E-state index is 0.329. The van der Waals surface area contributed by atoms with Gasteiger partial charge in [0, 0.05) is 25.7 Å². The van der Waals surface area contributed by atoms with Crippen molar-refractivity contribution in [3.05, 3.63) is 0 Å². The summed E-state index contributed by atoms with van der Waals surface area (Å²) in [7, 11) is 2.26. The summed E-state index contributed by atoms with van der Waals surface area (Å²) in [6, 6.07) is 0.566. The maximum atomic E-state index is 3.55. The largest absolute Gasteiger partial charge is 0.314 e. The van der Waals surface area contributed by atoms with Crippen LogP contribution in [-0.4, -0.2) is 62.2 Å². The molecular formula is C15H33N3. The summed E-state index contributed by atoms with van der Waals surface area (Å²) in [4.78, 5) is 5.09. The molecule has 3 heteroatoms. The summed E-state index contributed by atoms with van der Waals surface area (Å²) in [6.07, 6.45) is 2.79. The van der Waals surface area contributed by atoms with Crippen molar-refractivity contribution in [2.75, 3.05) is 46.3 Å². The fourth-order valence-corrected chi connectivity index (χ4v) is 2.81. The van der Waals surface area contributed by atoms with Crippen molar-refractivity contribution >= 4 is 0 Å².